The van der Waals surface area contributed by atoms with Crippen LogP contribution in [0.1, 0.15) is 10.4 Å². The van der Waals surface area contributed by atoms with E-state index < -0.39 is 5.91 Å². The molecule has 0 aliphatic heterocycles. The normalized spacial score (nSPS) is 10.2. The summed E-state index contributed by atoms with van der Waals surface area (Å²) in [4.78, 5) is 11.1. The fourth-order valence-corrected chi connectivity index (χ4v) is 2.00. The lowest BCUT2D eigenvalue weighted by Gasteiger charge is -2.12. The second-order valence-electron chi connectivity index (χ2n) is 3.92. The van der Waals surface area contributed by atoms with Gasteiger partial charge in [0.15, 0.2) is 0 Å². The molecule has 0 heterocycles. The van der Waals surface area contributed by atoms with E-state index in [0.717, 1.165) is 0 Å². The van der Waals surface area contributed by atoms with E-state index in [2.05, 4.69) is 21.2 Å². The number of rotatable bonds is 3. The summed E-state index contributed by atoms with van der Waals surface area (Å²) in [5.74, 6) is -0.891. The summed E-state index contributed by atoms with van der Waals surface area (Å²) in [5, 5.41) is 3.02. The summed E-state index contributed by atoms with van der Waals surface area (Å²) < 4.78 is 13.5. The van der Waals surface area contributed by atoms with Gasteiger partial charge in [-0.25, -0.2) is 4.39 Å². The third-order valence-electron chi connectivity index (χ3n) is 2.54. The van der Waals surface area contributed by atoms with E-state index >= 15 is 0 Å². The second-order valence-corrected chi connectivity index (χ2v) is 4.77. The Morgan fingerprint density at radius 3 is 2.53 bits per heavy atom. The molecule has 6 heteroatoms. The van der Waals surface area contributed by atoms with E-state index in [0.29, 0.717) is 27.1 Å². The van der Waals surface area contributed by atoms with Gasteiger partial charge in [-0.15, -0.1) is 0 Å². The first-order valence-corrected chi connectivity index (χ1v) is 6.18. The summed E-state index contributed by atoms with van der Waals surface area (Å²) in [7, 11) is 0. The number of anilines is 3. The first kappa shape index (κ1) is 13.4. The molecule has 2 aromatic carbocycles. The van der Waals surface area contributed by atoms with Gasteiger partial charge < -0.3 is 16.8 Å². The molecule has 0 spiro atoms. The standard InChI is InChI=1S/C13H11BrFN3O/c14-9-6-8(15)2-4-11(9)18-12-5-7(13(17)19)1-3-10(12)16/h1-6,18H,16H2,(H2,17,19). The van der Waals surface area contributed by atoms with E-state index in [-0.39, 0.29) is 5.82 Å². The lowest BCUT2D eigenvalue weighted by atomic mass is 10.1. The fraction of sp³-hybridized carbons (Fsp3) is 0. The maximum absolute atomic E-state index is 13.0. The third kappa shape index (κ3) is 3.03. The van der Waals surface area contributed by atoms with Crippen molar-refractivity contribution in [3.05, 3.63) is 52.3 Å². The molecule has 98 valence electrons. The highest BCUT2D eigenvalue weighted by Gasteiger charge is 2.07. The van der Waals surface area contributed by atoms with Gasteiger partial charge in [0.25, 0.3) is 0 Å². The van der Waals surface area contributed by atoms with Crippen molar-refractivity contribution < 1.29 is 9.18 Å². The van der Waals surface area contributed by atoms with Gasteiger partial charge in [-0.1, -0.05) is 0 Å². The number of hydrogen-bond acceptors (Lipinski definition) is 3. The average Bonchev–Trinajstić information content (AvgIpc) is 2.34. The predicted octanol–water partition coefficient (Wildman–Crippen LogP) is 3.01. The van der Waals surface area contributed by atoms with Gasteiger partial charge in [-0.05, 0) is 52.3 Å². The van der Waals surface area contributed by atoms with Crippen molar-refractivity contribution in [2.45, 2.75) is 0 Å². The highest BCUT2D eigenvalue weighted by atomic mass is 79.9. The molecular formula is C13H11BrFN3O. The lowest BCUT2D eigenvalue weighted by molar-refractivity contribution is 0.100. The fourth-order valence-electron chi connectivity index (χ4n) is 1.55. The summed E-state index contributed by atoms with van der Waals surface area (Å²) >= 11 is 3.24. The highest BCUT2D eigenvalue weighted by Crippen LogP contribution is 2.29. The minimum absolute atomic E-state index is 0.343. The summed E-state index contributed by atoms with van der Waals surface area (Å²) in [6.45, 7) is 0. The molecule has 2 aromatic rings. The Labute approximate surface area is 117 Å². The van der Waals surface area contributed by atoms with E-state index in [1.54, 1.807) is 24.3 Å². The van der Waals surface area contributed by atoms with E-state index in [9.17, 15) is 9.18 Å². The summed E-state index contributed by atoms with van der Waals surface area (Å²) in [6, 6.07) is 8.89. The van der Waals surface area contributed by atoms with Gasteiger partial charge in [-0.3, -0.25) is 4.79 Å². The molecule has 0 atom stereocenters. The Morgan fingerprint density at radius 2 is 1.89 bits per heavy atom. The number of hydrogen-bond donors (Lipinski definition) is 3. The molecule has 0 bridgehead atoms. The van der Waals surface area contributed by atoms with Gasteiger partial charge in [0, 0.05) is 10.0 Å². The van der Waals surface area contributed by atoms with Crippen LogP contribution in [0, 0.1) is 5.82 Å². The first-order chi connectivity index (χ1) is 8.97. The number of primary amides is 1. The number of carbonyl (C=O) groups excluding carboxylic acids is 1. The van der Waals surface area contributed by atoms with Crippen molar-refractivity contribution in [3.63, 3.8) is 0 Å². The maximum Gasteiger partial charge on any atom is 0.248 e. The topological polar surface area (TPSA) is 81.1 Å². The number of nitrogens with two attached hydrogens (primary N) is 2. The SMILES string of the molecule is NC(=O)c1ccc(N)c(Nc2ccc(F)cc2Br)c1. The molecule has 0 aromatic heterocycles. The molecule has 1 amide bonds. The Balaban J connectivity index is 2.37. The quantitative estimate of drug-likeness (QED) is 0.759. The molecule has 0 fully saturated rings. The van der Waals surface area contributed by atoms with Crippen LogP contribution < -0.4 is 16.8 Å². The van der Waals surface area contributed by atoms with Crippen LogP contribution in [0.25, 0.3) is 0 Å². The molecule has 19 heavy (non-hydrogen) atoms. The molecule has 4 nitrogen and oxygen atoms in total. The number of carbonyl (C=O) groups is 1. The van der Waals surface area contributed by atoms with Gasteiger partial charge in [-0.2, -0.15) is 0 Å². The number of amides is 1. The van der Waals surface area contributed by atoms with Gasteiger partial charge in [0.2, 0.25) is 5.91 Å². The second kappa shape index (κ2) is 5.27. The zero-order chi connectivity index (χ0) is 14.0. The lowest BCUT2D eigenvalue weighted by Crippen LogP contribution is -2.11. The van der Waals surface area contributed by atoms with Crippen LogP contribution in [-0.2, 0) is 0 Å². The van der Waals surface area contributed by atoms with E-state index in [1.165, 1.54) is 12.1 Å². The molecule has 2 rings (SSSR count). The molecule has 5 N–H and O–H groups in total. The number of benzene rings is 2. The Hall–Kier alpha value is -2.08. The van der Waals surface area contributed by atoms with Crippen LogP contribution in [0.5, 0.6) is 0 Å². The van der Waals surface area contributed by atoms with Crippen molar-refractivity contribution >= 4 is 38.9 Å². The average molecular weight is 324 g/mol. The van der Waals surface area contributed by atoms with Gasteiger partial charge in [0.05, 0.1) is 17.1 Å². The van der Waals surface area contributed by atoms with Crippen molar-refractivity contribution in [1.82, 2.24) is 0 Å². The zero-order valence-electron chi connectivity index (χ0n) is 9.78. The van der Waals surface area contributed by atoms with E-state index in [1.807, 2.05) is 0 Å². The molecule has 0 saturated carbocycles. The van der Waals surface area contributed by atoms with Crippen LogP contribution >= 0.6 is 15.9 Å². The number of nitrogen functional groups attached to an aromatic ring is 1. The van der Waals surface area contributed by atoms with Gasteiger partial charge >= 0.3 is 0 Å². The third-order valence-corrected chi connectivity index (χ3v) is 3.19. The molecule has 0 saturated heterocycles. The van der Waals surface area contributed by atoms with E-state index in [4.69, 9.17) is 11.5 Å². The summed E-state index contributed by atoms with van der Waals surface area (Å²) in [5.41, 5.74) is 13.0. The largest absolute Gasteiger partial charge is 0.397 e. The van der Waals surface area contributed by atoms with Crippen LogP contribution in [0.2, 0.25) is 0 Å². The molecule has 0 radical (unpaired) electrons. The van der Waals surface area contributed by atoms with Crippen LogP contribution in [0.15, 0.2) is 40.9 Å². The van der Waals surface area contributed by atoms with Crippen molar-refractivity contribution in [3.8, 4) is 0 Å². The molecule has 0 aliphatic rings. The molecule has 0 unspecified atom stereocenters. The Kier molecular flexibility index (Phi) is 3.71. The van der Waals surface area contributed by atoms with Crippen LogP contribution in [-0.4, -0.2) is 5.91 Å². The first-order valence-electron chi connectivity index (χ1n) is 5.39. The maximum atomic E-state index is 13.0. The Bertz CT molecular complexity index is 646. The van der Waals surface area contributed by atoms with Crippen molar-refractivity contribution in [2.24, 2.45) is 5.73 Å². The monoisotopic (exact) mass is 323 g/mol. The number of nitrogens with one attached hydrogen (secondary N) is 1. The minimum atomic E-state index is -0.541. The smallest absolute Gasteiger partial charge is 0.248 e. The molecule has 0 aliphatic carbocycles. The number of halogens is 2. The van der Waals surface area contributed by atoms with Crippen molar-refractivity contribution in [1.29, 1.82) is 0 Å². The van der Waals surface area contributed by atoms with Crippen molar-refractivity contribution in [2.75, 3.05) is 11.1 Å². The van der Waals surface area contributed by atoms with Crippen LogP contribution in [0.4, 0.5) is 21.5 Å². The van der Waals surface area contributed by atoms with Gasteiger partial charge in [0.1, 0.15) is 5.82 Å². The van der Waals surface area contributed by atoms with Crippen LogP contribution in [0.3, 0.4) is 0 Å². The predicted molar refractivity (Wildman–Crippen MR) is 76.8 cm³/mol. The summed E-state index contributed by atoms with van der Waals surface area (Å²) in [6.07, 6.45) is 0. The molecular weight excluding hydrogens is 313 g/mol. The zero-order valence-corrected chi connectivity index (χ0v) is 11.4. The highest BCUT2D eigenvalue weighted by molar-refractivity contribution is 9.10. The minimum Gasteiger partial charge on any atom is -0.397 e. The Morgan fingerprint density at radius 1 is 1.16 bits per heavy atom.